The SMILES string of the molecule is N#CC1(NC(=O)[C@H]2CC[C@H](c3ccccc3)C2)CCN(Cc2ccccc2)CC1. The number of benzene rings is 2. The normalized spacial score (nSPS) is 24.0. The molecular formula is C25H29N3O. The summed E-state index contributed by atoms with van der Waals surface area (Å²) in [7, 11) is 0. The fourth-order valence-corrected chi connectivity index (χ4v) is 4.78. The lowest BCUT2D eigenvalue weighted by Gasteiger charge is -2.38. The number of hydrogen-bond acceptors (Lipinski definition) is 3. The van der Waals surface area contributed by atoms with Crippen molar-refractivity contribution < 1.29 is 4.79 Å². The van der Waals surface area contributed by atoms with Crippen LogP contribution in [0.3, 0.4) is 0 Å². The van der Waals surface area contributed by atoms with Crippen LogP contribution in [0.2, 0.25) is 0 Å². The van der Waals surface area contributed by atoms with Gasteiger partial charge in [0.05, 0.1) is 6.07 Å². The van der Waals surface area contributed by atoms with Crippen LogP contribution in [0.4, 0.5) is 0 Å². The molecular weight excluding hydrogens is 358 g/mol. The molecule has 2 aromatic carbocycles. The summed E-state index contributed by atoms with van der Waals surface area (Å²) in [6.07, 6.45) is 4.23. The summed E-state index contributed by atoms with van der Waals surface area (Å²) in [5, 5.41) is 13.0. The van der Waals surface area contributed by atoms with E-state index >= 15 is 0 Å². The first-order valence-electron chi connectivity index (χ1n) is 10.7. The summed E-state index contributed by atoms with van der Waals surface area (Å²) in [6.45, 7) is 2.57. The number of hydrogen-bond donors (Lipinski definition) is 1. The van der Waals surface area contributed by atoms with E-state index in [-0.39, 0.29) is 11.8 Å². The molecule has 0 spiro atoms. The third-order valence-electron chi connectivity index (χ3n) is 6.61. The van der Waals surface area contributed by atoms with Gasteiger partial charge in [-0.2, -0.15) is 5.26 Å². The number of likely N-dealkylation sites (tertiary alicyclic amines) is 1. The Kier molecular flexibility index (Phi) is 5.97. The molecule has 1 saturated heterocycles. The lowest BCUT2D eigenvalue weighted by atomic mass is 9.87. The van der Waals surface area contributed by atoms with Crippen molar-refractivity contribution in [2.24, 2.45) is 5.92 Å². The fraction of sp³-hybridized carbons (Fsp3) is 0.440. The van der Waals surface area contributed by atoms with Crippen LogP contribution >= 0.6 is 0 Å². The first-order chi connectivity index (χ1) is 14.2. The Morgan fingerprint density at radius 2 is 1.69 bits per heavy atom. The number of carbonyl (C=O) groups excluding carboxylic acids is 1. The van der Waals surface area contributed by atoms with E-state index in [1.54, 1.807) is 0 Å². The van der Waals surface area contributed by atoms with Gasteiger partial charge in [0, 0.05) is 25.6 Å². The van der Waals surface area contributed by atoms with Crippen molar-refractivity contribution in [3.8, 4) is 6.07 Å². The second-order valence-electron chi connectivity index (χ2n) is 8.56. The maximum Gasteiger partial charge on any atom is 0.224 e. The Morgan fingerprint density at radius 3 is 2.34 bits per heavy atom. The van der Waals surface area contributed by atoms with Gasteiger partial charge in [0.2, 0.25) is 5.91 Å². The third-order valence-corrected chi connectivity index (χ3v) is 6.61. The van der Waals surface area contributed by atoms with Gasteiger partial charge in [0.15, 0.2) is 0 Å². The van der Waals surface area contributed by atoms with Crippen molar-refractivity contribution >= 4 is 5.91 Å². The van der Waals surface area contributed by atoms with E-state index in [0.29, 0.717) is 18.8 Å². The van der Waals surface area contributed by atoms with Crippen LogP contribution in [-0.2, 0) is 11.3 Å². The molecule has 1 N–H and O–H groups in total. The Morgan fingerprint density at radius 1 is 1.03 bits per heavy atom. The van der Waals surface area contributed by atoms with E-state index in [1.165, 1.54) is 11.1 Å². The zero-order valence-electron chi connectivity index (χ0n) is 16.9. The second kappa shape index (κ2) is 8.80. The molecule has 2 aliphatic rings. The van der Waals surface area contributed by atoms with Crippen LogP contribution in [0.15, 0.2) is 60.7 Å². The van der Waals surface area contributed by atoms with E-state index in [9.17, 15) is 10.1 Å². The monoisotopic (exact) mass is 387 g/mol. The standard InChI is InChI=1S/C25H29N3O/c26-19-25(13-15-28(16-14-25)18-20-7-3-1-4-8-20)27-24(29)23-12-11-22(17-23)21-9-5-2-6-10-21/h1-10,22-23H,11-18H2,(H,27,29)/t22-,23-/m0/s1. The fourth-order valence-electron chi connectivity index (χ4n) is 4.78. The molecule has 0 radical (unpaired) electrons. The molecule has 2 aromatic rings. The molecule has 4 heteroatoms. The van der Waals surface area contributed by atoms with Gasteiger partial charge in [-0.3, -0.25) is 9.69 Å². The van der Waals surface area contributed by atoms with Crippen LogP contribution < -0.4 is 5.32 Å². The zero-order valence-corrected chi connectivity index (χ0v) is 16.9. The van der Waals surface area contributed by atoms with Crippen molar-refractivity contribution in [2.75, 3.05) is 13.1 Å². The molecule has 1 heterocycles. The summed E-state index contributed by atoms with van der Waals surface area (Å²) < 4.78 is 0. The minimum Gasteiger partial charge on any atom is -0.337 e. The van der Waals surface area contributed by atoms with Crippen LogP contribution in [0.1, 0.15) is 49.1 Å². The molecule has 2 fully saturated rings. The van der Waals surface area contributed by atoms with E-state index in [1.807, 2.05) is 12.1 Å². The summed E-state index contributed by atoms with van der Waals surface area (Å²) in [4.78, 5) is 15.3. The second-order valence-corrected chi connectivity index (χ2v) is 8.56. The van der Waals surface area contributed by atoms with Crippen LogP contribution in [0.5, 0.6) is 0 Å². The van der Waals surface area contributed by atoms with Crippen LogP contribution in [0.25, 0.3) is 0 Å². The van der Waals surface area contributed by atoms with Gasteiger partial charge in [-0.05, 0) is 49.1 Å². The van der Waals surface area contributed by atoms with Crippen LogP contribution in [0, 0.1) is 17.2 Å². The molecule has 1 aliphatic heterocycles. The number of carbonyl (C=O) groups is 1. The number of rotatable bonds is 5. The summed E-state index contributed by atoms with van der Waals surface area (Å²) in [6, 6.07) is 23.3. The summed E-state index contributed by atoms with van der Waals surface area (Å²) in [5.74, 6) is 0.548. The first kappa shape index (κ1) is 19.7. The highest BCUT2D eigenvalue weighted by atomic mass is 16.2. The maximum atomic E-state index is 13.0. The third kappa shape index (κ3) is 4.68. The van der Waals surface area contributed by atoms with Gasteiger partial charge in [0.25, 0.3) is 0 Å². The molecule has 0 unspecified atom stereocenters. The van der Waals surface area contributed by atoms with E-state index in [4.69, 9.17) is 0 Å². The molecule has 2 atom stereocenters. The van der Waals surface area contributed by atoms with Crippen molar-refractivity contribution in [1.29, 1.82) is 5.26 Å². The Bertz CT molecular complexity index is 851. The number of nitrogens with zero attached hydrogens (tertiary/aromatic N) is 2. The average molecular weight is 388 g/mol. The number of nitriles is 1. The largest absolute Gasteiger partial charge is 0.337 e. The van der Waals surface area contributed by atoms with Crippen molar-refractivity contribution in [2.45, 2.75) is 50.1 Å². The summed E-state index contributed by atoms with van der Waals surface area (Å²) in [5.41, 5.74) is 1.90. The Balaban J connectivity index is 1.31. The van der Waals surface area contributed by atoms with Gasteiger partial charge in [0.1, 0.15) is 5.54 Å². The topological polar surface area (TPSA) is 56.1 Å². The van der Waals surface area contributed by atoms with Crippen LogP contribution in [-0.4, -0.2) is 29.4 Å². The zero-order chi connectivity index (χ0) is 20.1. The van der Waals surface area contributed by atoms with Crippen molar-refractivity contribution in [3.05, 3.63) is 71.8 Å². The molecule has 0 bridgehead atoms. The molecule has 0 aromatic heterocycles. The highest BCUT2D eigenvalue weighted by molar-refractivity contribution is 5.80. The highest BCUT2D eigenvalue weighted by Crippen LogP contribution is 2.38. The smallest absolute Gasteiger partial charge is 0.224 e. The molecule has 1 aliphatic carbocycles. The van der Waals surface area contributed by atoms with Crippen molar-refractivity contribution in [1.82, 2.24) is 10.2 Å². The molecule has 29 heavy (non-hydrogen) atoms. The summed E-state index contributed by atoms with van der Waals surface area (Å²) >= 11 is 0. The Labute approximate surface area is 173 Å². The van der Waals surface area contributed by atoms with Gasteiger partial charge in [-0.15, -0.1) is 0 Å². The Hall–Kier alpha value is -2.64. The quantitative estimate of drug-likeness (QED) is 0.835. The predicted molar refractivity (Wildman–Crippen MR) is 114 cm³/mol. The van der Waals surface area contributed by atoms with Crippen molar-refractivity contribution in [3.63, 3.8) is 0 Å². The first-order valence-corrected chi connectivity index (χ1v) is 10.7. The average Bonchev–Trinajstić information content (AvgIpc) is 3.27. The van der Waals surface area contributed by atoms with Gasteiger partial charge in [-0.25, -0.2) is 0 Å². The highest BCUT2D eigenvalue weighted by Gasteiger charge is 2.39. The molecule has 1 saturated carbocycles. The molecule has 4 nitrogen and oxygen atoms in total. The van der Waals surface area contributed by atoms with Gasteiger partial charge < -0.3 is 5.32 Å². The minimum absolute atomic E-state index is 0.0211. The number of piperidine rings is 1. The minimum atomic E-state index is -0.713. The molecule has 4 rings (SSSR count). The number of amides is 1. The van der Waals surface area contributed by atoms with E-state index < -0.39 is 5.54 Å². The predicted octanol–water partition coefficient (Wildman–Crippen LogP) is 4.24. The lowest BCUT2D eigenvalue weighted by Crippen LogP contribution is -2.55. The van der Waals surface area contributed by atoms with E-state index in [0.717, 1.165) is 38.9 Å². The molecule has 150 valence electrons. The van der Waals surface area contributed by atoms with Gasteiger partial charge in [-0.1, -0.05) is 60.7 Å². The number of nitrogens with one attached hydrogen (secondary N) is 1. The van der Waals surface area contributed by atoms with Gasteiger partial charge >= 0.3 is 0 Å². The van der Waals surface area contributed by atoms with E-state index in [2.05, 4.69) is 64.8 Å². The molecule has 1 amide bonds. The lowest BCUT2D eigenvalue weighted by molar-refractivity contribution is -0.126. The maximum absolute atomic E-state index is 13.0.